The Balaban J connectivity index is 2.16. The van der Waals surface area contributed by atoms with Crippen molar-refractivity contribution >= 4 is 31.6 Å². The molecule has 124 valence electrons. The average Bonchev–Trinajstić information content (AvgIpc) is 2.44. The third kappa shape index (κ3) is 4.52. The molecular formula is C14H15ClN2O4S2. The van der Waals surface area contributed by atoms with Gasteiger partial charge in [-0.15, -0.1) is 0 Å². The van der Waals surface area contributed by atoms with E-state index >= 15 is 0 Å². The summed E-state index contributed by atoms with van der Waals surface area (Å²) < 4.78 is 49.2. The van der Waals surface area contributed by atoms with Crippen LogP contribution in [-0.4, -0.2) is 16.8 Å². The van der Waals surface area contributed by atoms with Crippen LogP contribution in [0.2, 0.25) is 5.02 Å². The SMILES string of the molecule is Cc1ccc(S(=O)(=O)NCc2ccc(S(N)(=O)=O)cc2)c(Cl)c1. The molecule has 0 aliphatic rings. The maximum Gasteiger partial charge on any atom is 0.242 e. The third-order valence-electron chi connectivity index (χ3n) is 3.10. The van der Waals surface area contributed by atoms with E-state index in [1.807, 2.05) is 6.92 Å². The Kier molecular flexibility index (Phi) is 5.12. The smallest absolute Gasteiger partial charge is 0.225 e. The van der Waals surface area contributed by atoms with E-state index < -0.39 is 20.0 Å². The van der Waals surface area contributed by atoms with Gasteiger partial charge in [0, 0.05) is 6.54 Å². The molecule has 0 radical (unpaired) electrons. The minimum atomic E-state index is -3.77. The Hall–Kier alpha value is -1.45. The van der Waals surface area contributed by atoms with Gasteiger partial charge in [-0.05, 0) is 42.3 Å². The largest absolute Gasteiger partial charge is 0.242 e. The number of sulfonamides is 2. The van der Waals surface area contributed by atoms with E-state index in [9.17, 15) is 16.8 Å². The fourth-order valence-electron chi connectivity index (χ4n) is 1.88. The molecule has 0 heterocycles. The van der Waals surface area contributed by atoms with Crippen LogP contribution in [0.25, 0.3) is 0 Å². The molecule has 0 amide bonds. The zero-order valence-corrected chi connectivity index (χ0v) is 14.5. The number of hydrogen-bond donors (Lipinski definition) is 2. The molecule has 2 rings (SSSR count). The predicted octanol–water partition coefficient (Wildman–Crippen LogP) is 1.77. The molecule has 2 aromatic rings. The highest BCUT2D eigenvalue weighted by molar-refractivity contribution is 7.89. The lowest BCUT2D eigenvalue weighted by Gasteiger charge is -2.09. The lowest BCUT2D eigenvalue weighted by atomic mass is 10.2. The molecule has 23 heavy (non-hydrogen) atoms. The van der Waals surface area contributed by atoms with Gasteiger partial charge in [0.05, 0.1) is 9.92 Å². The Morgan fingerprint density at radius 1 is 1.04 bits per heavy atom. The number of hydrogen-bond acceptors (Lipinski definition) is 4. The van der Waals surface area contributed by atoms with Crippen molar-refractivity contribution in [3.05, 3.63) is 58.6 Å². The lowest BCUT2D eigenvalue weighted by molar-refractivity contribution is 0.581. The second kappa shape index (κ2) is 6.58. The van der Waals surface area contributed by atoms with E-state index in [4.69, 9.17) is 16.7 Å². The molecule has 0 unspecified atom stereocenters. The van der Waals surface area contributed by atoms with Gasteiger partial charge in [-0.1, -0.05) is 29.8 Å². The van der Waals surface area contributed by atoms with Crippen molar-refractivity contribution in [1.29, 1.82) is 0 Å². The second-order valence-corrected chi connectivity index (χ2v) is 8.65. The first-order valence-electron chi connectivity index (χ1n) is 6.47. The fourth-order valence-corrected chi connectivity index (χ4v) is 4.01. The van der Waals surface area contributed by atoms with Crippen LogP contribution < -0.4 is 9.86 Å². The Bertz CT molecular complexity index is 924. The summed E-state index contributed by atoms with van der Waals surface area (Å²) in [4.78, 5) is -0.0448. The van der Waals surface area contributed by atoms with Gasteiger partial charge in [0.2, 0.25) is 20.0 Å². The first kappa shape index (κ1) is 17.9. The zero-order valence-electron chi connectivity index (χ0n) is 12.2. The summed E-state index contributed by atoms with van der Waals surface area (Å²) in [5.74, 6) is 0. The number of nitrogens with one attached hydrogen (secondary N) is 1. The van der Waals surface area contributed by atoms with Crippen molar-refractivity contribution in [2.24, 2.45) is 5.14 Å². The van der Waals surface area contributed by atoms with Crippen molar-refractivity contribution in [1.82, 2.24) is 4.72 Å². The molecule has 6 nitrogen and oxygen atoms in total. The molecule has 0 aliphatic heterocycles. The topological polar surface area (TPSA) is 106 Å². The summed E-state index contributed by atoms with van der Waals surface area (Å²) in [6.07, 6.45) is 0. The van der Waals surface area contributed by atoms with Crippen LogP contribution in [0.1, 0.15) is 11.1 Å². The normalized spacial score (nSPS) is 12.3. The lowest BCUT2D eigenvalue weighted by Crippen LogP contribution is -2.23. The molecule has 0 saturated heterocycles. The van der Waals surface area contributed by atoms with Crippen molar-refractivity contribution in [3.63, 3.8) is 0 Å². The molecule has 3 N–H and O–H groups in total. The minimum absolute atomic E-state index is 0.00254. The number of aryl methyl sites for hydroxylation is 1. The van der Waals surface area contributed by atoms with Gasteiger partial charge in [-0.25, -0.2) is 26.7 Å². The summed E-state index contributed by atoms with van der Waals surface area (Å²) in [6, 6.07) is 10.3. The van der Waals surface area contributed by atoms with E-state index in [1.165, 1.54) is 30.3 Å². The molecule has 0 saturated carbocycles. The first-order chi connectivity index (χ1) is 10.6. The predicted molar refractivity (Wildman–Crippen MR) is 88.0 cm³/mol. The highest BCUT2D eigenvalue weighted by atomic mass is 35.5. The van der Waals surface area contributed by atoms with Crippen LogP contribution >= 0.6 is 11.6 Å². The third-order valence-corrected chi connectivity index (χ3v) is 5.91. The van der Waals surface area contributed by atoms with Crippen LogP contribution in [0.15, 0.2) is 52.3 Å². The molecule has 0 bridgehead atoms. The van der Waals surface area contributed by atoms with Gasteiger partial charge in [-0.2, -0.15) is 0 Å². The van der Waals surface area contributed by atoms with Crippen LogP contribution in [0.3, 0.4) is 0 Å². The van der Waals surface area contributed by atoms with Crippen LogP contribution in [-0.2, 0) is 26.6 Å². The molecule has 0 spiro atoms. The molecule has 0 fully saturated rings. The maximum atomic E-state index is 12.3. The average molecular weight is 375 g/mol. The van der Waals surface area contributed by atoms with Gasteiger partial charge in [-0.3, -0.25) is 0 Å². The molecule has 0 atom stereocenters. The second-order valence-electron chi connectivity index (χ2n) is 4.95. The maximum absolute atomic E-state index is 12.3. The Morgan fingerprint density at radius 2 is 1.65 bits per heavy atom. The van der Waals surface area contributed by atoms with Crippen LogP contribution in [0.5, 0.6) is 0 Å². The number of nitrogens with two attached hydrogens (primary N) is 1. The zero-order chi connectivity index (χ0) is 17.3. The fraction of sp³-hybridized carbons (Fsp3) is 0.143. The van der Waals surface area contributed by atoms with Gasteiger partial charge in [0.25, 0.3) is 0 Å². The van der Waals surface area contributed by atoms with Gasteiger partial charge < -0.3 is 0 Å². The van der Waals surface area contributed by atoms with Gasteiger partial charge >= 0.3 is 0 Å². The summed E-state index contributed by atoms with van der Waals surface area (Å²) >= 11 is 5.97. The summed E-state index contributed by atoms with van der Waals surface area (Å²) in [5, 5.41) is 5.14. The monoisotopic (exact) mass is 374 g/mol. The minimum Gasteiger partial charge on any atom is -0.225 e. The van der Waals surface area contributed by atoms with Crippen molar-refractivity contribution < 1.29 is 16.8 Å². The van der Waals surface area contributed by atoms with E-state index in [0.717, 1.165) is 5.56 Å². The van der Waals surface area contributed by atoms with Gasteiger partial charge in [0.15, 0.2) is 0 Å². The standard InChI is InChI=1S/C14H15ClN2O4S2/c1-10-2-7-14(13(15)8-10)23(20,21)17-9-11-3-5-12(6-4-11)22(16,18)19/h2-8,17H,9H2,1H3,(H2,16,18,19). The number of primary sulfonamides is 1. The number of halogens is 1. The molecule has 0 aromatic heterocycles. The Labute approximate surface area is 140 Å². The Morgan fingerprint density at radius 3 is 2.17 bits per heavy atom. The first-order valence-corrected chi connectivity index (χ1v) is 9.88. The van der Waals surface area contributed by atoms with E-state index in [-0.39, 0.29) is 21.4 Å². The highest BCUT2D eigenvalue weighted by Crippen LogP contribution is 2.22. The summed E-state index contributed by atoms with van der Waals surface area (Å²) in [6.45, 7) is 1.81. The van der Waals surface area contributed by atoms with Crippen LogP contribution in [0, 0.1) is 6.92 Å². The van der Waals surface area contributed by atoms with E-state index in [2.05, 4.69) is 4.72 Å². The summed E-state index contributed by atoms with van der Waals surface area (Å²) in [7, 11) is -7.54. The molecular weight excluding hydrogens is 360 g/mol. The van der Waals surface area contributed by atoms with Gasteiger partial charge in [0.1, 0.15) is 4.90 Å². The highest BCUT2D eigenvalue weighted by Gasteiger charge is 2.17. The number of benzene rings is 2. The van der Waals surface area contributed by atoms with Crippen molar-refractivity contribution in [3.8, 4) is 0 Å². The van der Waals surface area contributed by atoms with E-state index in [1.54, 1.807) is 12.1 Å². The van der Waals surface area contributed by atoms with Crippen molar-refractivity contribution in [2.75, 3.05) is 0 Å². The molecule has 2 aromatic carbocycles. The molecule has 9 heteroatoms. The summed E-state index contributed by atoms with van der Waals surface area (Å²) in [5.41, 5.74) is 1.44. The number of rotatable bonds is 5. The van der Waals surface area contributed by atoms with Crippen LogP contribution in [0.4, 0.5) is 0 Å². The molecule has 0 aliphatic carbocycles. The quantitative estimate of drug-likeness (QED) is 0.831. The van der Waals surface area contributed by atoms with Crippen molar-refractivity contribution in [2.45, 2.75) is 23.3 Å². The van der Waals surface area contributed by atoms with E-state index in [0.29, 0.717) is 5.56 Å².